The van der Waals surface area contributed by atoms with Gasteiger partial charge in [-0.25, -0.2) is 0 Å². The van der Waals surface area contributed by atoms with Crippen LogP contribution in [0.1, 0.15) is 33.9 Å². The summed E-state index contributed by atoms with van der Waals surface area (Å²) >= 11 is 6.38. The van der Waals surface area contributed by atoms with Gasteiger partial charge in [0.25, 0.3) is 0 Å². The Balaban J connectivity index is 1.78. The van der Waals surface area contributed by atoms with Gasteiger partial charge in [0.1, 0.15) is 5.75 Å². The summed E-state index contributed by atoms with van der Waals surface area (Å²) in [6.45, 7) is 3.85. The molecule has 0 bridgehead atoms. The Bertz CT molecular complexity index is 1080. The predicted octanol–water partition coefficient (Wildman–Crippen LogP) is 5.82. The average molecular weight is 438 g/mol. The molecule has 0 saturated heterocycles. The SMILES string of the molecule is COc1ccc(CN2CCc3cc(OC)c(OC)cc3[C@@H]2c2cccc(Cl)c2)cc1C. The predicted molar refractivity (Wildman–Crippen MR) is 125 cm³/mol. The zero-order chi connectivity index (χ0) is 22.0. The van der Waals surface area contributed by atoms with Crippen molar-refractivity contribution < 1.29 is 14.2 Å². The van der Waals surface area contributed by atoms with E-state index in [4.69, 9.17) is 25.8 Å². The number of methoxy groups -OCH3 is 3. The van der Waals surface area contributed by atoms with Crippen LogP contribution in [0.4, 0.5) is 0 Å². The second kappa shape index (κ2) is 9.21. The molecule has 4 nitrogen and oxygen atoms in total. The van der Waals surface area contributed by atoms with Crippen molar-refractivity contribution in [3.63, 3.8) is 0 Å². The Kier molecular flexibility index (Phi) is 6.40. The van der Waals surface area contributed by atoms with Gasteiger partial charge in [0.05, 0.1) is 27.4 Å². The fourth-order valence-corrected chi connectivity index (χ4v) is 4.71. The number of ether oxygens (including phenoxy) is 3. The first kappa shape index (κ1) is 21.5. The molecule has 31 heavy (non-hydrogen) atoms. The summed E-state index contributed by atoms with van der Waals surface area (Å²) in [4.78, 5) is 2.50. The highest BCUT2D eigenvalue weighted by molar-refractivity contribution is 6.30. The smallest absolute Gasteiger partial charge is 0.161 e. The largest absolute Gasteiger partial charge is 0.496 e. The van der Waals surface area contributed by atoms with Crippen molar-refractivity contribution in [2.45, 2.75) is 25.9 Å². The van der Waals surface area contributed by atoms with Crippen molar-refractivity contribution in [2.75, 3.05) is 27.9 Å². The Hall–Kier alpha value is -2.69. The number of rotatable bonds is 6. The van der Waals surface area contributed by atoms with E-state index < -0.39 is 0 Å². The molecule has 4 rings (SSSR count). The second-order valence-electron chi connectivity index (χ2n) is 7.89. The third-order valence-electron chi connectivity index (χ3n) is 5.98. The van der Waals surface area contributed by atoms with E-state index in [0.717, 1.165) is 47.3 Å². The highest BCUT2D eigenvalue weighted by atomic mass is 35.5. The van der Waals surface area contributed by atoms with Crippen molar-refractivity contribution in [3.05, 3.63) is 87.4 Å². The molecule has 0 saturated carbocycles. The number of hydrogen-bond acceptors (Lipinski definition) is 4. The van der Waals surface area contributed by atoms with Crippen LogP contribution in [0.25, 0.3) is 0 Å². The Morgan fingerprint density at radius 3 is 2.32 bits per heavy atom. The third-order valence-corrected chi connectivity index (χ3v) is 6.22. The molecular formula is C26H28ClNO3. The molecule has 0 aliphatic carbocycles. The first-order chi connectivity index (χ1) is 15.0. The van der Waals surface area contributed by atoms with Crippen LogP contribution in [0.2, 0.25) is 5.02 Å². The lowest BCUT2D eigenvalue weighted by Crippen LogP contribution is -2.35. The first-order valence-electron chi connectivity index (χ1n) is 10.4. The maximum Gasteiger partial charge on any atom is 0.161 e. The van der Waals surface area contributed by atoms with Gasteiger partial charge in [-0.15, -0.1) is 0 Å². The Labute approximate surface area is 189 Å². The quantitative estimate of drug-likeness (QED) is 0.486. The maximum absolute atomic E-state index is 6.38. The zero-order valence-electron chi connectivity index (χ0n) is 18.4. The molecule has 5 heteroatoms. The van der Waals surface area contributed by atoms with E-state index >= 15 is 0 Å². The summed E-state index contributed by atoms with van der Waals surface area (Å²) in [7, 11) is 5.07. The summed E-state index contributed by atoms with van der Waals surface area (Å²) in [6, 6.07) is 18.8. The standard InChI is InChI=1S/C26H28ClNO3/c1-17-12-18(8-9-23(17)29-2)16-28-11-10-19-14-24(30-3)25(31-4)15-22(19)26(28)20-6-5-7-21(27)13-20/h5-9,12-15,26H,10-11,16H2,1-4H3/t26-/m0/s1. The van der Waals surface area contributed by atoms with Crippen molar-refractivity contribution in [3.8, 4) is 17.2 Å². The molecule has 1 atom stereocenters. The number of benzene rings is 3. The number of hydrogen-bond donors (Lipinski definition) is 0. The fourth-order valence-electron chi connectivity index (χ4n) is 4.51. The van der Waals surface area contributed by atoms with Crippen LogP contribution in [-0.2, 0) is 13.0 Å². The van der Waals surface area contributed by atoms with Crippen LogP contribution in [0.3, 0.4) is 0 Å². The molecule has 0 unspecified atom stereocenters. The first-order valence-corrected chi connectivity index (χ1v) is 10.8. The summed E-state index contributed by atoms with van der Waals surface area (Å²) in [5, 5.41) is 0.741. The van der Waals surface area contributed by atoms with Crippen molar-refractivity contribution in [2.24, 2.45) is 0 Å². The summed E-state index contributed by atoms with van der Waals surface area (Å²) in [5.74, 6) is 2.43. The van der Waals surface area contributed by atoms with Gasteiger partial charge in [0.2, 0.25) is 0 Å². The second-order valence-corrected chi connectivity index (χ2v) is 8.32. The summed E-state index contributed by atoms with van der Waals surface area (Å²) in [6.07, 6.45) is 0.946. The average Bonchev–Trinajstić information content (AvgIpc) is 2.78. The van der Waals surface area contributed by atoms with Crippen LogP contribution in [0.5, 0.6) is 17.2 Å². The number of aryl methyl sites for hydroxylation is 1. The van der Waals surface area contributed by atoms with Crippen LogP contribution in [0, 0.1) is 6.92 Å². The van der Waals surface area contributed by atoms with Crippen LogP contribution in [-0.4, -0.2) is 32.8 Å². The molecule has 1 aliphatic heterocycles. The molecule has 3 aromatic rings. The molecule has 0 aromatic heterocycles. The van der Waals surface area contributed by atoms with Crippen LogP contribution in [0.15, 0.2) is 54.6 Å². The van der Waals surface area contributed by atoms with Gasteiger partial charge in [0.15, 0.2) is 11.5 Å². The lowest BCUT2D eigenvalue weighted by Gasteiger charge is -2.38. The van der Waals surface area contributed by atoms with E-state index in [-0.39, 0.29) is 6.04 Å². The van der Waals surface area contributed by atoms with Gasteiger partial charge in [-0.2, -0.15) is 0 Å². The molecular weight excluding hydrogens is 410 g/mol. The summed E-state index contributed by atoms with van der Waals surface area (Å²) in [5.41, 5.74) is 6.09. The molecule has 0 N–H and O–H groups in total. The Morgan fingerprint density at radius 2 is 1.65 bits per heavy atom. The van der Waals surface area contributed by atoms with Gasteiger partial charge < -0.3 is 14.2 Å². The van der Waals surface area contributed by atoms with Gasteiger partial charge in [-0.3, -0.25) is 4.90 Å². The zero-order valence-corrected chi connectivity index (χ0v) is 19.2. The minimum atomic E-state index is 0.0738. The van der Waals surface area contributed by atoms with Gasteiger partial charge in [-0.05, 0) is 71.5 Å². The van der Waals surface area contributed by atoms with Gasteiger partial charge >= 0.3 is 0 Å². The monoisotopic (exact) mass is 437 g/mol. The van der Waals surface area contributed by atoms with E-state index in [9.17, 15) is 0 Å². The van der Waals surface area contributed by atoms with E-state index in [1.807, 2.05) is 18.2 Å². The van der Waals surface area contributed by atoms with Crippen LogP contribution >= 0.6 is 11.6 Å². The minimum absolute atomic E-state index is 0.0738. The van der Waals surface area contributed by atoms with Gasteiger partial charge in [0, 0.05) is 18.1 Å². The molecule has 0 amide bonds. The molecule has 1 aliphatic rings. The number of halogens is 1. The molecule has 3 aromatic carbocycles. The van der Waals surface area contributed by atoms with E-state index in [0.29, 0.717) is 0 Å². The highest BCUT2D eigenvalue weighted by Crippen LogP contribution is 2.42. The molecule has 0 fully saturated rings. The van der Waals surface area contributed by atoms with Crippen molar-refractivity contribution in [1.82, 2.24) is 4.90 Å². The molecule has 0 radical (unpaired) electrons. The van der Waals surface area contributed by atoms with Gasteiger partial charge in [-0.1, -0.05) is 35.9 Å². The number of nitrogens with zero attached hydrogens (tertiary/aromatic N) is 1. The highest BCUT2D eigenvalue weighted by Gasteiger charge is 2.30. The number of fused-ring (bicyclic) bond motifs is 1. The lowest BCUT2D eigenvalue weighted by atomic mass is 9.87. The third kappa shape index (κ3) is 4.36. The fraction of sp³-hybridized carbons (Fsp3) is 0.308. The van der Waals surface area contributed by atoms with E-state index in [1.165, 1.54) is 22.3 Å². The van der Waals surface area contributed by atoms with E-state index in [2.05, 4.69) is 48.2 Å². The van der Waals surface area contributed by atoms with Crippen LogP contribution < -0.4 is 14.2 Å². The minimum Gasteiger partial charge on any atom is -0.496 e. The maximum atomic E-state index is 6.38. The van der Waals surface area contributed by atoms with Crippen molar-refractivity contribution >= 4 is 11.6 Å². The Morgan fingerprint density at radius 1 is 0.903 bits per heavy atom. The topological polar surface area (TPSA) is 30.9 Å². The normalized spacial score (nSPS) is 16.0. The molecule has 0 spiro atoms. The van der Waals surface area contributed by atoms with Crippen molar-refractivity contribution in [1.29, 1.82) is 0 Å². The molecule has 162 valence electrons. The molecule has 1 heterocycles. The summed E-state index contributed by atoms with van der Waals surface area (Å²) < 4.78 is 16.6. The lowest BCUT2D eigenvalue weighted by molar-refractivity contribution is 0.203. The van der Waals surface area contributed by atoms with E-state index in [1.54, 1.807) is 21.3 Å².